The van der Waals surface area contributed by atoms with Crippen LogP contribution in [0.15, 0.2) is 40.5 Å². The normalized spacial score (nSPS) is 14.5. The number of hydrogen-bond donors (Lipinski definition) is 1. The number of aromatic nitrogens is 2. The van der Waals surface area contributed by atoms with E-state index in [4.69, 9.17) is 0 Å². The summed E-state index contributed by atoms with van der Waals surface area (Å²) in [5, 5.41) is 1.97. The van der Waals surface area contributed by atoms with E-state index in [0.29, 0.717) is 30.9 Å². The molecule has 1 aliphatic rings. The highest BCUT2D eigenvalue weighted by Gasteiger charge is 2.21. The quantitative estimate of drug-likeness (QED) is 0.782. The summed E-state index contributed by atoms with van der Waals surface area (Å²) in [6.45, 7) is 3.79. The van der Waals surface area contributed by atoms with Gasteiger partial charge in [-0.15, -0.1) is 11.3 Å². The van der Waals surface area contributed by atoms with Crippen LogP contribution in [0, 0.1) is 12.7 Å². The second-order valence-electron chi connectivity index (χ2n) is 6.36. The second-order valence-corrected chi connectivity index (χ2v) is 7.31. The first-order chi connectivity index (χ1) is 12.1. The lowest BCUT2D eigenvalue weighted by Gasteiger charge is -2.27. The average Bonchev–Trinajstić information content (AvgIpc) is 3.12. The number of nitrogens with one attached hydrogen (secondary N) is 1. The Hall–Kier alpha value is -2.31. The molecule has 0 radical (unpaired) electrons. The summed E-state index contributed by atoms with van der Waals surface area (Å²) in [4.78, 5) is 23.1. The SMILES string of the molecule is Cc1ccc(CN2CCc3c(nc(-c4cccs4)[nH]c3=O)C2)cc1F. The maximum atomic E-state index is 13.8. The third-order valence-corrected chi connectivity index (χ3v) is 5.43. The topological polar surface area (TPSA) is 49.0 Å². The zero-order valence-corrected chi connectivity index (χ0v) is 14.7. The molecule has 3 heterocycles. The highest BCUT2D eigenvalue weighted by Crippen LogP contribution is 2.23. The van der Waals surface area contributed by atoms with Crippen molar-refractivity contribution in [2.45, 2.75) is 26.4 Å². The van der Waals surface area contributed by atoms with Gasteiger partial charge in [-0.3, -0.25) is 9.69 Å². The Labute approximate surface area is 149 Å². The highest BCUT2D eigenvalue weighted by atomic mass is 32.1. The molecule has 1 aromatic carbocycles. The van der Waals surface area contributed by atoms with Gasteiger partial charge >= 0.3 is 0 Å². The molecule has 0 saturated heterocycles. The molecular formula is C19H18FN3OS. The van der Waals surface area contributed by atoms with Crippen LogP contribution in [0.5, 0.6) is 0 Å². The number of halogens is 1. The molecule has 0 atom stereocenters. The van der Waals surface area contributed by atoms with Gasteiger partial charge in [-0.2, -0.15) is 0 Å². The molecule has 4 rings (SSSR count). The average molecular weight is 355 g/mol. The highest BCUT2D eigenvalue weighted by molar-refractivity contribution is 7.13. The Bertz CT molecular complexity index is 965. The molecule has 0 amide bonds. The number of benzene rings is 1. The molecule has 0 bridgehead atoms. The van der Waals surface area contributed by atoms with E-state index in [9.17, 15) is 9.18 Å². The molecule has 1 N–H and O–H groups in total. The first-order valence-corrected chi connectivity index (χ1v) is 9.11. The molecule has 128 valence electrons. The molecule has 2 aromatic heterocycles. The van der Waals surface area contributed by atoms with Gasteiger partial charge in [-0.1, -0.05) is 18.2 Å². The number of aromatic amines is 1. The monoisotopic (exact) mass is 355 g/mol. The van der Waals surface area contributed by atoms with Gasteiger partial charge in [0.25, 0.3) is 5.56 Å². The molecule has 3 aromatic rings. The number of H-pyrrole nitrogens is 1. The minimum absolute atomic E-state index is 0.0468. The molecule has 25 heavy (non-hydrogen) atoms. The first kappa shape index (κ1) is 16.2. The Morgan fingerprint density at radius 3 is 3.00 bits per heavy atom. The maximum absolute atomic E-state index is 13.8. The van der Waals surface area contributed by atoms with Crippen molar-refractivity contribution >= 4 is 11.3 Å². The van der Waals surface area contributed by atoms with Gasteiger partial charge in [0.15, 0.2) is 5.82 Å². The first-order valence-electron chi connectivity index (χ1n) is 8.23. The fourth-order valence-electron chi connectivity index (χ4n) is 3.15. The predicted molar refractivity (Wildman–Crippen MR) is 97.1 cm³/mol. The number of nitrogens with zero attached hydrogens (tertiary/aromatic N) is 2. The van der Waals surface area contributed by atoms with Crippen LogP contribution in [0.4, 0.5) is 4.39 Å². The van der Waals surface area contributed by atoms with Crippen LogP contribution < -0.4 is 5.56 Å². The van der Waals surface area contributed by atoms with E-state index in [0.717, 1.165) is 28.2 Å². The van der Waals surface area contributed by atoms with Gasteiger partial charge in [-0.05, 0) is 42.0 Å². The van der Waals surface area contributed by atoms with E-state index in [1.165, 1.54) is 0 Å². The smallest absolute Gasteiger partial charge is 0.254 e. The molecule has 6 heteroatoms. The van der Waals surface area contributed by atoms with Crippen molar-refractivity contribution in [1.29, 1.82) is 0 Å². The lowest BCUT2D eigenvalue weighted by molar-refractivity contribution is 0.240. The van der Waals surface area contributed by atoms with E-state index < -0.39 is 0 Å². The third-order valence-electron chi connectivity index (χ3n) is 4.55. The van der Waals surface area contributed by atoms with Crippen molar-refractivity contribution < 1.29 is 4.39 Å². The second kappa shape index (κ2) is 6.54. The summed E-state index contributed by atoms with van der Waals surface area (Å²) in [6, 6.07) is 9.24. The summed E-state index contributed by atoms with van der Waals surface area (Å²) >= 11 is 1.55. The van der Waals surface area contributed by atoms with Gasteiger partial charge in [0.2, 0.25) is 0 Å². The molecular weight excluding hydrogens is 337 g/mol. The van der Waals surface area contributed by atoms with Gasteiger partial charge < -0.3 is 4.98 Å². The molecule has 0 spiro atoms. The molecule has 4 nitrogen and oxygen atoms in total. The van der Waals surface area contributed by atoms with Gasteiger partial charge in [0.05, 0.1) is 10.6 Å². The third kappa shape index (κ3) is 3.27. The molecule has 0 fully saturated rings. The fourth-order valence-corrected chi connectivity index (χ4v) is 3.82. The lowest BCUT2D eigenvalue weighted by Crippen LogP contribution is -2.35. The van der Waals surface area contributed by atoms with E-state index in [2.05, 4.69) is 14.9 Å². The Kier molecular flexibility index (Phi) is 4.23. The zero-order chi connectivity index (χ0) is 17.4. The number of aryl methyl sites for hydroxylation is 1. The largest absolute Gasteiger partial charge is 0.306 e. The van der Waals surface area contributed by atoms with Crippen LogP contribution in [-0.2, 0) is 19.5 Å². The van der Waals surface area contributed by atoms with Gasteiger partial charge in [0.1, 0.15) is 5.82 Å². The van der Waals surface area contributed by atoms with Gasteiger partial charge in [0, 0.05) is 25.2 Å². The number of fused-ring (bicyclic) bond motifs is 1. The lowest BCUT2D eigenvalue weighted by atomic mass is 10.0. The zero-order valence-electron chi connectivity index (χ0n) is 13.9. The Morgan fingerprint density at radius 1 is 1.36 bits per heavy atom. The van der Waals surface area contributed by atoms with Crippen molar-refractivity contribution in [3.8, 4) is 10.7 Å². The van der Waals surface area contributed by atoms with Crippen LogP contribution in [-0.4, -0.2) is 21.4 Å². The fraction of sp³-hybridized carbons (Fsp3) is 0.263. The maximum Gasteiger partial charge on any atom is 0.254 e. The van der Waals surface area contributed by atoms with E-state index in [-0.39, 0.29) is 11.4 Å². The molecule has 0 saturated carbocycles. The van der Waals surface area contributed by atoms with Crippen molar-refractivity contribution in [3.05, 3.63) is 74.3 Å². The number of thiophene rings is 1. The number of rotatable bonds is 3. The molecule has 0 aliphatic carbocycles. The summed E-state index contributed by atoms with van der Waals surface area (Å²) < 4.78 is 13.8. The Balaban J connectivity index is 1.59. The minimum Gasteiger partial charge on any atom is -0.306 e. The Morgan fingerprint density at radius 2 is 2.24 bits per heavy atom. The summed E-state index contributed by atoms with van der Waals surface area (Å²) in [6.07, 6.45) is 0.663. The number of hydrogen-bond acceptors (Lipinski definition) is 4. The van der Waals surface area contributed by atoms with Crippen molar-refractivity contribution in [3.63, 3.8) is 0 Å². The van der Waals surface area contributed by atoms with Gasteiger partial charge in [-0.25, -0.2) is 9.37 Å². The molecule has 0 unspecified atom stereocenters. The standard InChI is InChI=1S/C19H18FN3OS/c1-12-4-5-13(9-15(12)20)10-23-7-6-14-16(11-23)21-18(22-19(14)24)17-3-2-8-25-17/h2-5,8-9H,6-7,10-11H2,1H3,(H,21,22,24). The summed E-state index contributed by atoms with van der Waals surface area (Å²) in [5.74, 6) is 0.450. The van der Waals surface area contributed by atoms with Crippen LogP contribution in [0.1, 0.15) is 22.4 Å². The van der Waals surface area contributed by atoms with E-state index in [1.807, 2.05) is 23.6 Å². The van der Waals surface area contributed by atoms with Crippen LogP contribution in [0.25, 0.3) is 10.7 Å². The molecule has 1 aliphatic heterocycles. The van der Waals surface area contributed by atoms with Crippen LogP contribution >= 0.6 is 11.3 Å². The van der Waals surface area contributed by atoms with Crippen molar-refractivity contribution in [2.24, 2.45) is 0 Å². The predicted octanol–water partition coefficient (Wildman–Crippen LogP) is 3.50. The van der Waals surface area contributed by atoms with Crippen LogP contribution in [0.3, 0.4) is 0 Å². The van der Waals surface area contributed by atoms with Crippen LogP contribution in [0.2, 0.25) is 0 Å². The van der Waals surface area contributed by atoms with E-state index in [1.54, 1.807) is 30.4 Å². The summed E-state index contributed by atoms with van der Waals surface area (Å²) in [7, 11) is 0. The van der Waals surface area contributed by atoms with E-state index >= 15 is 0 Å². The van der Waals surface area contributed by atoms with Crippen molar-refractivity contribution in [2.75, 3.05) is 6.54 Å². The minimum atomic E-state index is -0.176. The summed E-state index contributed by atoms with van der Waals surface area (Å²) in [5.41, 5.74) is 3.14. The van der Waals surface area contributed by atoms with Crippen molar-refractivity contribution in [1.82, 2.24) is 14.9 Å².